The lowest BCUT2D eigenvalue weighted by atomic mass is 10.1. The van der Waals surface area contributed by atoms with Crippen molar-refractivity contribution in [3.63, 3.8) is 0 Å². The number of para-hydroxylation sites is 1. The van der Waals surface area contributed by atoms with Crippen molar-refractivity contribution in [3.8, 4) is 11.8 Å². The van der Waals surface area contributed by atoms with Gasteiger partial charge in [0.05, 0.1) is 5.56 Å². The van der Waals surface area contributed by atoms with Gasteiger partial charge in [-0.1, -0.05) is 23.7 Å². The summed E-state index contributed by atoms with van der Waals surface area (Å²) in [6.07, 6.45) is 0. The number of Topliss-reactive ketones (excluding diaryl/α,β-unsaturated/α-hetero) is 1. The molecule has 0 aliphatic carbocycles. The van der Waals surface area contributed by atoms with Crippen molar-refractivity contribution >= 4 is 17.4 Å². The summed E-state index contributed by atoms with van der Waals surface area (Å²) in [5.74, 6) is 0.247. The van der Waals surface area contributed by atoms with Gasteiger partial charge in [-0.05, 0) is 36.4 Å². The molecule has 0 aliphatic heterocycles. The van der Waals surface area contributed by atoms with E-state index < -0.39 is 0 Å². The zero-order chi connectivity index (χ0) is 13.7. The van der Waals surface area contributed by atoms with Crippen LogP contribution in [0.2, 0.25) is 5.02 Å². The molecule has 0 saturated heterocycles. The number of nitriles is 1. The molecule has 0 N–H and O–H groups in total. The van der Waals surface area contributed by atoms with Gasteiger partial charge in [0.25, 0.3) is 0 Å². The Labute approximate surface area is 116 Å². The second kappa shape index (κ2) is 6.03. The third-order valence-electron chi connectivity index (χ3n) is 2.53. The minimum absolute atomic E-state index is 0.111. The molecule has 2 rings (SSSR count). The van der Waals surface area contributed by atoms with Crippen LogP contribution in [0.25, 0.3) is 0 Å². The van der Waals surface area contributed by atoms with Gasteiger partial charge in [0.2, 0.25) is 0 Å². The first kappa shape index (κ1) is 13.1. The van der Waals surface area contributed by atoms with E-state index in [1.165, 1.54) is 0 Å². The molecule has 2 aromatic rings. The minimum Gasteiger partial charge on any atom is -0.484 e. The van der Waals surface area contributed by atoms with Crippen molar-refractivity contribution in [2.75, 3.05) is 6.61 Å². The summed E-state index contributed by atoms with van der Waals surface area (Å²) in [5.41, 5.74) is 0.935. The summed E-state index contributed by atoms with van der Waals surface area (Å²) in [4.78, 5) is 11.9. The molecule has 0 fully saturated rings. The van der Waals surface area contributed by atoms with Crippen molar-refractivity contribution in [1.82, 2.24) is 0 Å². The van der Waals surface area contributed by atoms with Gasteiger partial charge in [0, 0.05) is 10.6 Å². The van der Waals surface area contributed by atoms with Crippen molar-refractivity contribution in [1.29, 1.82) is 5.26 Å². The van der Waals surface area contributed by atoms with Crippen LogP contribution < -0.4 is 4.74 Å². The maximum atomic E-state index is 11.9. The summed E-state index contributed by atoms with van der Waals surface area (Å²) in [6.45, 7) is -0.111. The van der Waals surface area contributed by atoms with E-state index in [1.54, 1.807) is 48.5 Å². The Morgan fingerprint density at radius 1 is 1.16 bits per heavy atom. The Bertz CT molecular complexity index is 629. The Balaban J connectivity index is 2.05. The van der Waals surface area contributed by atoms with E-state index in [0.717, 1.165) is 0 Å². The number of hydrogen-bond donors (Lipinski definition) is 0. The summed E-state index contributed by atoms with van der Waals surface area (Å²) in [6, 6.07) is 15.4. The third-order valence-corrected chi connectivity index (χ3v) is 2.78. The van der Waals surface area contributed by atoms with E-state index in [-0.39, 0.29) is 12.4 Å². The van der Waals surface area contributed by atoms with Gasteiger partial charge >= 0.3 is 0 Å². The lowest BCUT2D eigenvalue weighted by Crippen LogP contribution is -2.12. The first-order chi connectivity index (χ1) is 9.20. The number of nitrogens with zero attached hydrogens (tertiary/aromatic N) is 1. The topological polar surface area (TPSA) is 50.1 Å². The van der Waals surface area contributed by atoms with E-state index in [4.69, 9.17) is 21.6 Å². The maximum absolute atomic E-state index is 11.9. The normalized spacial score (nSPS) is 9.68. The molecule has 0 radical (unpaired) electrons. The van der Waals surface area contributed by atoms with Crippen molar-refractivity contribution in [2.24, 2.45) is 0 Å². The van der Waals surface area contributed by atoms with E-state index in [2.05, 4.69) is 0 Å². The predicted octanol–water partition coefficient (Wildman–Crippen LogP) is 3.47. The van der Waals surface area contributed by atoms with Crippen molar-refractivity contribution < 1.29 is 9.53 Å². The Kier molecular flexibility index (Phi) is 4.17. The zero-order valence-electron chi connectivity index (χ0n) is 9.97. The van der Waals surface area contributed by atoms with Crippen LogP contribution in [-0.2, 0) is 0 Å². The van der Waals surface area contributed by atoms with Crippen LogP contribution in [0.3, 0.4) is 0 Å². The highest BCUT2D eigenvalue weighted by atomic mass is 35.5. The van der Waals surface area contributed by atoms with E-state index in [0.29, 0.717) is 21.9 Å². The van der Waals surface area contributed by atoms with E-state index >= 15 is 0 Å². The molecule has 4 heteroatoms. The number of ketones is 1. The molecule has 2 aromatic carbocycles. The van der Waals surface area contributed by atoms with E-state index in [1.807, 2.05) is 6.07 Å². The van der Waals surface area contributed by atoms with Gasteiger partial charge in [0.1, 0.15) is 11.8 Å². The monoisotopic (exact) mass is 271 g/mol. The highest BCUT2D eigenvalue weighted by molar-refractivity contribution is 6.30. The van der Waals surface area contributed by atoms with Gasteiger partial charge in [0.15, 0.2) is 12.4 Å². The van der Waals surface area contributed by atoms with Crippen LogP contribution in [0, 0.1) is 11.3 Å². The summed E-state index contributed by atoms with van der Waals surface area (Å²) in [7, 11) is 0. The number of benzene rings is 2. The molecule has 0 aliphatic rings. The SMILES string of the molecule is N#Cc1ccccc1OCC(=O)c1ccc(Cl)cc1. The molecule has 0 unspecified atom stereocenters. The Morgan fingerprint density at radius 2 is 1.84 bits per heavy atom. The molecule has 0 aromatic heterocycles. The summed E-state index contributed by atoms with van der Waals surface area (Å²) in [5, 5.41) is 9.48. The molecule has 0 amide bonds. The molecule has 94 valence electrons. The van der Waals surface area contributed by atoms with Crippen molar-refractivity contribution in [3.05, 3.63) is 64.7 Å². The number of ether oxygens (including phenoxy) is 1. The average Bonchev–Trinajstić information content (AvgIpc) is 2.45. The highest BCUT2D eigenvalue weighted by Crippen LogP contribution is 2.17. The largest absolute Gasteiger partial charge is 0.484 e. The Hall–Kier alpha value is -2.31. The van der Waals surface area contributed by atoms with Crippen molar-refractivity contribution in [2.45, 2.75) is 0 Å². The number of carbonyl (C=O) groups is 1. The van der Waals surface area contributed by atoms with Crippen LogP contribution in [-0.4, -0.2) is 12.4 Å². The van der Waals surface area contributed by atoms with E-state index in [9.17, 15) is 4.79 Å². The summed E-state index contributed by atoms with van der Waals surface area (Å²) >= 11 is 5.75. The second-order valence-corrected chi connectivity index (χ2v) is 4.26. The molecular weight excluding hydrogens is 262 g/mol. The standard InChI is InChI=1S/C15H10ClNO2/c16-13-7-5-11(6-8-13)14(18)10-19-15-4-2-1-3-12(15)9-17/h1-8H,10H2. The predicted molar refractivity (Wildman–Crippen MR) is 72.4 cm³/mol. The van der Waals surface area contributed by atoms with Gasteiger partial charge in [-0.15, -0.1) is 0 Å². The van der Waals surface area contributed by atoms with Crippen LogP contribution in [0.5, 0.6) is 5.75 Å². The van der Waals surface area contributed by atoms with Gasteiger partial charge in [-0.3, -0.25) is 4.79 Å². The summed E-state index contributed by atoms with van der Waals surface area (Å²) < 4.78 is 5.37. The number of carbonyl (C=O) groups excluding carboxylic acids is 1. The fourth-order valence-corrected chi connectivity index (χ4v) is 1.67. The fraction of sp³-hybridized carbons (Fsp3) is 0.0667. The molecule has 19 heavy (non-hydrogen) atoms. The highest BCUT2D eigenvalue weighted by Gasteiger charge is 2.08. The molecular formula is C15H10ClNO2. The number of halogens is 1. The average molecular weight is 272 g/mol. The van der Waals surface area contributed by atoms with Crippen LogP contribution >= 0.6 is 11.6 Å². The first-order valence-electron chi connectivity index (χ1n) is 5.61. The van der Waals surface area contributed by atoms with Crippen LogP contribution in [0.4, 0.5) is 0 Å². The number of hydrogen-bond acceptors (Lipinski definition) is 3. The second-order valence-electron chi connectivity index (χ2n) is 3.83. The number of rotatable bonds is 4. The van der Waals surface area contributed by atoms with Crippen LogP contribution in [0.15, 0.2) is 48.5 Å². The molecule has 0 saturated carbocycles. The molecule has 0 spiro atoms. The smallest absolute Gasteiger partial charge is 0.200 e. The quantitative estimate of drug-likeness (QED) is 0.800. The van der Waals surface area contributed by atoms with Gasteiger partial charge < -0.3 is 4.74 Å². The maximum Gasteiger partial charge on any atom is 0.200 e. The molecule has 3 nitrogen and oxygen atoms in total. The minimum atomic E-state index is -0.163. The lowest BCUT2D eigenvalue weighted by Gasteiger charge is -2.06. The molecule has 0 atom stereocenters. The molecule has 0 heterocycles. The third kappa shape index (κ3) is 3.34. The van der Waals surface area contributed by atoms with Gasteiger partial charge in [-0.2, -0.15) is 5.26 Å². The molecule has 0 bridgehead atoms. The lowest BCUT2D eigenvalue weighted by molar-refractivity contribution is 0.0921. The Morgan fingerprint density at radius 3 is 2.53 bits per heavy atom. The fourth-order valence-electron chi connectivity index (χ4n) is 1.55. The first-order valence-corrected chi connectivity index (χ1v) is 5.99. The van der Waals surface area contributed by atoms with Gasteiger partial charge in [-0.25, -0.2) is 0 Å². The van der Waals surface area contributed by atoms with Crippen LogP contribution in [0.1, 0.15) is 15.9 Å². The zero-order valence-corrected chi connectivity index (χ0v) is 10.7.